The van der Waals surface area contributed by atoms with Gasteiger partial charge in [0, 0.05) is 26.7 Å². The van der Waals surface area contributed by atoms with Crippen molar-refractivity contribution in [1.82, 2.24) is 15.5 Å². The molecule has 1 aromatic carbocycles. The van der Waals surface area contributed by atoms with Crippen molar-refractivity contribution in [2.75, 3.05) is 26.7 Å². The van der Waals surface area contributed by atoms with Gasteiger partial charge in [0.25, 0.3) is 5.91 Å². The van der Waals surface area contributed by atoms with Gasteiger partial charge in [-0.2, -0.15) is 0 Å². The number of nitrogens with one attached hydrogen (secondary N) is 2. The Morgan fingerprint density at radius 1 is 1.22 bits per heavy atom. The van der Waals surface area contributed by atoms with Gasteiger partial charge in [-0.15, -0.1) is 24.0 Å². The minimum Gasteiger partial charge on any atom is -0.459 e. The van der Waals surface area contributed by atoms with Crippen LogP contribution in [0.25, 0.3) is 0 Å². The van der Waals surface area contributed by atoms with Gasteiger partial charge >= 0.3 is 0 Å². The second-order valence-electron chi connectivity index (χ2n) is 5.57. The van der Waals surface area contributed by atoms with Crippen LogP contribution in [0.1, 0.15) is 23.0 Å². The van der Waals surface area contributed by atoms with Gasteiger partial charge in [0.05, 0.1) is 22.9 Å². The van der Waals surface area contributed by atoms with Crippen molar-refractivity contribution < 1.29 is 9.21 Å². The second-order valence-corrected chi connectivity index (χ2v) is 6.39. The van der Waals surface area contributed by atoms with Crippen LogP contribution in [-0.4, -0.2) is 43.4 Å². The van der Waals surface area contributed by atoms with Crippen LogP contribution in [0, 0.1) is 0 Å². The highest BCUT2D eigenvalue weighted by Crippen LogP contribution is 2.23. The van der Waals surface area contributed by atoms with E-state index in [9.17, 15) is 4.79 Å². The van der Waals surface area contributed by atoms with Gasteiger partial charge in [-0.25, -0.2) is 0 Å². The van der Waals surface area contributed by atoms with Gasteiger partial charge < -0.3 is 20.0 Å². The summed E-state index contributed by atoms with van der Waals surface area (Å²) in [7, 11) is 1.94. The molecule has 1 heterocycles. The van der Waals surface area contributed by atoms with Crippen LogP contribution in [0.2, 0.25) is 10.0 Å². The number of aliphatic imine (C=N–C) groups is 1. The average molecular weight is 525 g/mol. The molecule has 6 nitrogen and oxygen atoms in total. The second kappa shape index (κ2) is 12.1. The van der Waals surface area contributed by atoms with E-state index in [1.165, 1.54) is 6.26 Å². The monoisotopic (exact) mass is 524 g/mol. The molecule has 0 saturated carbocycles. The van der Waals surface area contributed by atoms with E-state index < -0.39 is 0 Å². The van der Waals surface area contributed by atoms with Crippen molar-refractivity contribution in [3.05, 3.63) is 58.0 Å². The Morgan fingerprint density at radius 2 is 2.00 bits per heavy atom. The van der Waals surface area contributed by atoms with E-state index in [-0.39, 0.29) is 35.6 Å². The van der Waals surface area contributed by atoms with Crippen LogP contribution in [0.15, 0.2) is 46.0 Å². The molecule has 0 bridgehead atoms. The van der Waals surface area contributed by atoms with E-state index >= 15 is 0 Å². The largest absolute Gasteiger partial charge is 0.459 e. The smallest absolute Gasteiger partial charge is 0.287 e. The van der Waals surface area contributed by atoms with Gasteiger partial charge in [-0.1, -0.05) is 29.3 Å². The summed E-state index contributed by atoms with van der Waals surface area (Å²) in [4.78, 5) is 18.3. The summed E-state index contributed by atoms with van der Waals surface area (Å²) in [6, 6.07) is 8.84. The molecule has 1 amide bonds. The molecule has 0 aliphatic rings. The van der Waals surface area contributed by atoms with Gasteiger partial charge in [0.1, 0.15) is 0 Å². The lowest BCUT2D eigenvalue weighted by atomic mass is 10.2. The lowest BCUT2D eigenvalue weighted by molar-refractivity contribution is 0.0927. The fourth-order valence-corrected chi connectivity index (χ4v) is 2.60. The molecule has 0 saturated heterocycles. The topological polar surface area (TPSA) is 69.9 Å². The summed E-state index contributed by atoms with van der Waals surface area (Å²) in [5.41, 5.74) is 1.03. The van der Waals surface area contributed by atoms with Crippen molar-refractivity contribution in [2.45, 2.75) is 13.5 Å². The predicted molar refractivity (Wildman–Crippen MR) is 120 cm³/mol. The number of hydrogen-bond acceptors (Lipinski definition) is 3. The first-order chi connectivity index (χ1) is 12.5. The Kier molecular flexibility index (Phi) is 10.6. The molecule has 0 spiro atoms. The molecule has 0 atom stereocenters. The number of hydrogen-bond donors (Lipinski definition) is 2. The van der Waals surface area contributed by atoms with Crippen molar-refractivity contribution in [1.29, 1.82) is 0 Å². The molecular formula is C18H23Cl2IN4O2. The molecule has 27 heavy (non-hydrogen) atoms. The van der Waals surface area contributed by atoms with Gasteiger partial charge in [-0.3, -0.25) is 9.79 Å². The maximum atomic E-state index is 11.8. The Labute approximate surface area is 186 Å². The van der Waals surface area contributed by atoms with E-state index in [1.54, 1.807) is 18.2 Å². The first kappa shape index (κ1) is 23.6. The number of amides is 1. The Balaban J connectivity index is 0.00000364. The highest BCUT2D eigenvalue weighted by atomic mass is 127. The molecule has 2 rings (SSSR count). The summed E-state index contributed by atoms with van der Waals surface area (Å²) in [5.74, 6) is 0.780. The zero-order valence-corrected chi connectivity index (χ0v) is 19.0. The molecular weight excluding hydrogens is 502 g/mol. The lowest BCUT2D eigenvalue weighted by Gasteiger charge is -2.22. The number of halogens is 3. The Hall–Kier alpha value is -1.45. The van der Waals surface area contributed by atoms with Crippen molar-refractivity contribution in [2.24, 2.45) is 4.99 Å². The van der Waals surface area contributed by atoms with Crippen LogP contribution in [-0.2, 0) is 6.54 Å². The van der Waals surface area contributed by atoms with E-state index in [0.29, 0.717) is 29.7 Å². The summed E-state index contributed by atoms with van der Waals surface area (Å²) in [6.45, 7) is 4.22. The minimum atomic E-state index is -0.251. The molecule has 148 valence electrons. The predicted octanol–water partition coefficient (Wildman–Crippen LogP) is 4.03. The van der Waals surface area contributed by atoms with E-state index in [2.05, 4.69) is 15.6 Å². The molecule has 1 aromatic heterocycles. The summed E-state index contributed by atoms with van der Waals surface area (Å²) < 4.78 is 5.05. The fraction of sp³-hybridized carbons (Fsp3) is 0.333. The third-order valence-corrected chi connectivity index (χ3v) is 4.24. The molecule has 9 heteroatoms. The standard InChI is InChI=1S/C18H22Cl2N4O2.HI/c1-3-21-18(23-9-8-22-17(25)16-5-4-10-26-16)24(2)12-13-6-7-14(19)15(20)11-13;/h4-7,10-11H,3,8-9,12H2,1-2H3,(H,21,23)(H,22,25);1H. The van der Waals surface area contributed by atoms with Crippen molar-refractivity contribution in [3.8, 4) is 0 Å². The third-order valence-electron chi connectivity index (χ3n) is 3.50. The van der Waals surface area contributed by atoms with E-state index in [0.717, 1.165) is 18.1 Å². The number of carbonyl (C=O) groups excluding carboxylic acids is 1. The molecule has 0 radical (unpaired) electrons. The number of guanidine groups is 1. The SMILES string of the molecule is CCNC(=NCCNC(=O)c1ccco1)N(C)Cc1ccc(Cl)c(Cl)c1.I. The van der Waals surface area contributed by atoms with E-state index in [1.807, 2.05) is 31.0 Å². The maximum Gasteiger partial charge on any atom is 0.287 e. The Bertz CT molecular complexity index is 754. The highest BCUT2D eigenvalue weighted by Gasteiger charge is 2.09. The normalized spacial score (nSPS) is 10.9. The van der Waals surface area contributed by atoms with Gasteiger partial charge in [0.2, 0.25) is 0 Å². The van der Waals surface area contributed by atoms with Crippen LogP contribution < -0.4 is 10.6 Å². The molecule has 0 aliphatic carbocycles. The van der Waals surface area contributed by atoms with Crippen molar-refractivity contribution >= 4 is 59.0 Å². The quantitative estimate of drug-likeness (QED) is 0.248. The van der Waals surface area contributed by atoms with E-state index in [4.69, 9.17) is 27.6 Å². The molecule has 0 aliphatic heterocycles. The van der Waals surface area contributed by atoms with Gasteiger partial charge in [0.15, 0.2) is 11.7 Å². The van der Waals surface area contributed by atoms with Crippen LogP contribution in [0.4, 0.5) is 0 Å². The third kappa shape index (κ3) is 7.59. The van der Waals surface area contributed by atoms with Gasteiger partial charge in [-0.05, 0) is 36.8 Å². The zero-order valence-electron chi connectivity index (χ0n) is 15.2. The average Bonchev–Trinajstić information content (AvgIpc) is 3.15. The van der Waals surface area contributed by atoms with Crippen LogP contribution in [0.3, 0.4) is 0 Å². The molecule has 0 fully saturated rings. The Morgan fingerprint density at radius 3 is 2.63 bits per heavy atom. The molecule has 0 unspecified atom stereocenters. The number of furan rings is 1. The fourth-order valence-electron chi connectivity index (χ4n) is 2.28. The summed E-state index contributed by atoms with van der Waals surface area (Å²) in [6.07, 6.45) is 1.47. The van der Waals surface area contributed by atoms with Crippen molar-refractivity contribution in [3.63, 3.8) is 0 Å². The number of rotatable bonds is 7. The molecule has 2 N–H and O–H groups in total. The van der Waals surface area contributed by atoms with Crippen LogP contribution in [0.5, 0.6) is 0 Å². The minimum absolute atomic E-state index is 0. The molecule has 2 aromatic rings. The van der Waals surface area contributed by atoms with Crippen LogP contribution >= 0.6 is 47.2 Å². The number of benzene rings is 1. The lowest BCUT2D eigenvalue weighted by Crippen LogP contribution is -2.39. The first-order valence-corrected chi connectivity index (χ1v) is 9.02. The maximum absolute atomic E-state index is 11.8. The summed E-state index contributed by atoms with van der Waals surface area (Å²) in [5, 5.41) is 7.06. The summed E-state index contributed by atoms with van der Waals surface area (Å²) >= 11 is 12.0. The first-order valence-electron chi connectivity index (χ1n) is 8.26. The number of nitrogens with zero attached hydrogens (tertiary/aromatic N) is 2. The highest BCUT2D eigenvalue weighted by molar-refractivity contribution is 14.0. The zero-order chi connectivity index (χ0) is 18.9. The number of carbonyl (C=O) groups is 1.